The van der Waals surface area contributed by atoms with Gasteiger partial charge in [0.2, 0.25) is 0 Å². The van der Waals surface area contributed by atoms with E-state index >= 15 is 0 Å². The number of rotatable bonds is 3. The smallest absolute Gasteiger partial charge is 0.315 e. The van der Waals surface area contributed by atoms with Crippen LogP contribution in [-0.2, 0) is 15.0 Å². The highest BCUT2D eigenvalue weighted by molar-refractivity contribution is 5.94. The average Bonchev–Trinajstić information content (AvgIpc) is 2.95. The third-order valence-electron chi connectivity index (χ3n) is 3.21. The fourth-order valence-electron chi connectivity index (χ4n) is 2.09. The van der Waals surface area contributed by atoms with Crippen molar-refractivity contribution < 1.29 is 19.8 Å². The van der Waals surface area contributed by atoms with Crippen molar-refractivity contribution in [3.63, 3.8) is 0 Å². The van der Waals surface area contributed by atoms with Gasteiger partial charge in [-0.2, -0.15) is 0 Å². The van der Waals surface area contributed by atoms with Gasteiger partial charge in [0.15, 0.2) is 0 Å². The third kappa shape index (κ3) is 1.38. The number of carboxylic acid groups (broad SMARTS) is 2. The Bertz CT molecular complexity index is 449. The first kappa shape index (κ1) is 10.7. The first-order chi connectivity index (χ1) is 7.48. The van der Waals surface area contributed by atoms with Gasteiger partial charge in [-0.1, -0.05) is 29.8 Å². The van der Waals surface area contributed by atoms with Crippen LogP contribution in [0.5, 0.6) is 0 Å². The van der Waals surface area contributed by atoms with Gasteiger partial charge >= 0.3 is 11.9 Å². The molecule has 16 heavy (non-hydrogen) atoms. The first-order valence-corrected chi connectivity index (χ1v) is 5.02. The van der Waals surface area contributed by atoms with Crippen LogP contribution in [0.1, 0.15) is 17.5 Å². The highest BCUT2D eigenvalue weighted by Gasteiger charge is 2.65. The van der Waals surface area contributed by atoms with E-state index in [4.69, 9.17) is 5.11 Å². The van der Waals surface area contributed by atoms with Crippen molar-refractivity contribution in [2.24, 2.45) is 5.92 Å². The van der Waals surface area contributed by atoms with Crippen molar-refractivity contribution in [3.8, 4) is 0 Å². The molecule has 2 atom stereocenters. The lowest BCUT2D eigenvalue weighted by Crippen LogP contribution is -2.25. The number of aryl methyl sites for hydroxylation is 1. The molecule has 0 aliphatic heterocycles. The molecular formula is C12H12O4. The summed E-state index contributed by atoms with van der Waals surface area (Å²) in [5.74, 6) is -2.89. The molecule has 4 heteroatoms. The van der Waals surface area contributed by atoms with Crippen molar-refractivity contribution in [3.05, 3.63) is 35.4 Å². The van der Waals surface area contributed by atoms with E-state index in [0.29, 0.717) is 5.56 Å². The van der Waals surface area contributed by atoms with Crippen LogP contribution in [0.15, 0.2) is 24.3 Å². The first-order valence-electron chi connectivity index (χ1n) is 5.02. The maximum absolute atomic E-state index is 11.2. The fraction of sp³-hybridized carbons (Fsp3) is 0.333. The molecular weight excluding hydrogens is 208 g/mol. The van der Waals surface area contributed by atoms with E-state index in [9.17, 15) is 14.7 Å². The lowest BCUT2D eigenvalue weighted by Gasteiger charge is -2.11. The van der Waals surface area contributed by atoms with Crippen molar-refractivity contribution in [2.45, 2.75) is 18.8 Å². The molecule has 0 saturated heterocycles. The molecule has 0 amide bonds. The normalized spacial score (nSPS) is 27.4. The van der Waals surface area contributed by atoms with Crippen LogP contribution in [0.4, 0.5) is 0 Å². The molecule has 4 nitrogen and oxygen atoms in total. The summed E-state index contributed by atoms with van der Waals surface area (Å²) in [4.78, 5) is 22.1. The molecule has 0 radical (unpaired) electrons. The Labute approximate surface area is 92.5 Å². The maximum atomic E-state index is 11.2. The molecule has 1 aliphatic rings. The predicted octanol–water partition coefficient (Wildman–Crippen LogP) is 1.42. The van der Waals surface area contributed by atoms with Crippen molar-refractivity contribution in [1.82, 2.24) is 0 Å². The van der Waals surface area contributed by atoms with Crippen molar-refractivity contribution in [1.29, 1.82) is 0 Å². The number of benzene rings is 1. The molecule has 2 rings (SSSR count). The molecule has 0 spiro atoms. The number of carboxylic acids is 2. The summed E-state index contributed by atoms with van der Waals surface area (Å²) < 4.78 is 0. The Morgan fingerprint density at radius 1 is 1.25 bits per heavy atom. The van der Waals surface area contributed by atoms with Gasteiger partial charge in [-0.15, -0.1) is 0 Å². The molecule has 0 bridgehead atoms. The zero-order valence-corrected chi connectivity index (χ0v) is 8.80. The fourth-order valence-corrected chi connectivity index (χ4v) is 2.09. The largest absolute Gasteiger partial charge is 0.481 e. The quantitative estimate of drug-likeness (QED) is 0.807. The lowest BCUT2D eigenvalue weighted by atomic mass is 9.92. The molecule has 84 valence electrons. The number of hydrogen-bond donors (Lipinski definition) is 2. The highest BCUT2D eigenvalue weighted by atomic mass is 16.4. The molecule has 0 unspecified atom stereocenters. The van der Waals surface area contributed by atoms with E-state index < -0.39 is 23.3 Å². The Kier molecular flexibility index (Phi) is 2.22. The van der Waals surface area contributed by atoms with Crippen LogP contribution in [0.3, 0.4) is 0 Å². The third-order valence-corrected chi connectivity index (χ3v) is 3.21. The van der Waals surface area contributed by atoms with Gasteiger partial charge in [0.25, 0.3) is 0 Å². The minimum absolute atomic E-state index is 0.181. The molecule has 1 aliphatic carbocycles. The number of hydrogen-bond acceptors (Lipinski definition) is 2. The van der Waals surface area contributed by atoms with Gasteiger partial charge in [-0.3, -0.25) is 9.59 Å². The van der Waals surface area contributed by atoms with Crippen molar-refractivity contribution in [2.75, 3.05) is 0 Å². The minimum Gasteiger partial charge on any atom is -0.481 e. The molecule has 1 aromatic carbocycles. The van der Waals surface area contributed by atoms with Gasteiger partial charge in [0, 0.05) is 0 Å². The van der Waals surface area contributed by atoms with Crippen LogP contribution < -0.4 is 0 Å². The molecule has 1 fully saturated rings. The highest BCUT2D eigenvalue weighted by Crippen LogP contribution is 2.54. The molecule has 0 aromatic heterocycles. The molecule has 1 aromatic rings. The van der Waals surface area contributed by atoms with Crippen LogP contribution in [0, 0.1) is 12.8 Å². The number of aliphatic carboxylic acids is 2. The van der Waals surface area contributed by atoms with Crippen LogP contribution in [0.2, 0.25) is 0 Å². The standard InChI is InChI=1S/C12H12O4/c1-7-2-4-8(5-3-7)12(11(15)16)6-9(12)10(13)14/h2-5,9H,6H2,1H3,(H,13,14)(H,15,16)/t9-,12+/m1/s1. The van der Waals surface area contributed by atoms with Crippen molar-refractivity contribution >= 4 is 11.9 Å². The molecule has 0 heterocycles. The lowest BCUT2D eigenvalue weighted by molar-refractivity contribution is -0.145. The minimum atomic E-state index is -1.21. The predicted molar refractivity (Wildman–Crippen MR) is 56.2 cm³/mol. The molecule has 2 N–H and O–H groups in total. The zero-order valence-electron chi connectivity index (χ0n) is 8.80. The Morgan fingerprint density at radius 2 is 1.81 bits per heavy atom. The summed E-state index contributed by atoms with van der Waals surface area (Å²) in [6.45, 7) is 1.90. The van der Waals surface area contributed by atoms with Crippen LogP contribution in [-0.4, -0.2) is 22.2 Å². The SMILES string of the molecule is Cc1ccc([C@@]2(C(=O)O)C[C@@H]2C(=O)O)cc1. The van der Waals surface area contributed by atoms with Crippen LogP contribution >= 0.6 is 0 Å². The average molecular weight is 220 g/mol. The summed E-state index contributed by atoms with van der Waals surface area (Å²) >= 11 is 0. The maximum Gasteiger partial charge on any atom is 0.315 e. The van der Waals surface area contributed by atoms with E-state index in [1.807, 2.05) is 6.92 Å². The second-order valence-electron chi connectivity index (χ2n) is 4.24. The summed E-state index contributed by atoms with van der Waals surface area (Å²) in [6.07, 6.45) is 0.181. The van der Waals surface area contributed by atoms with Crippen LogP contribution in [0.25, 0.3) is 0 Å². The summed E-state index contributed by atoms with van der Waals surface area (Å²) in [5, 5.41) is 18.1. The monoisotopic (exact) mass is 220 g/mol. The zero-order chi connectivity index (χ0) is 11.9. The summed E-state index contributed by atoms with van der Waals surface area (Å²) in [6, 6.07) is 7.01. The Morgan fingerprint density at radius 3 is 2.19 bits per heavy atom. The Hall–Kier alpha value is -1.84. The van der Waals surface area contributed by atoms with E-state index in [1.54, 1.807) is 24.3 Å². The van der Waals surface area contributed by atoms with E-state index in [2.05, 4.69) is 0 Å². The van der Waals surface area contributed by atoms with E-state index in [0.717, 1.165) is 5.56 Å². The topological polar surface area (TPSA) is 74.6 Å². The van der Waals surface area contributed by atoms with Gasteiger partial charge < -0.3 is 10.2 Å². The van der Waals surface area contributed by atoms with Gasteiger partial charge in [-0.25, -0.2) is 0 Å². The summed E-state index contributed by atoms with van der Waals surface area (Å²) in [5.41, 5.74) is 0.398. The van der Waals surface area contributed by atoms with E-state index in [-0.39, 0.29) is 6.42 Å². The number of carbonyl (C=O) groups is 2. The van der Waals surface area contributed by atoms with E-state index in [1.165, 1.54) is 0 Å². The van der Waals surface area contributed by atoms with Gasteiger partial charge in [-0.05, 0) is 18.9 Å². The second-order valence-corrected chi connectivity index (χ2v) is 4.24. The second kappa shape index (κ2) is 3.33. The molecule has 1 saturated carbocycles. The summed E-state index contributed by atoms with van der Waals surface area (Å²) in [7, 11) is 0. The Balaban J connectivity index is 2.40. The van der Waals surface area contributed by atoms with Gasteiger partial charge in [0.05, 0.1) is 5.92 Å². The van der Waals surface area contributed by atoms with Gasteiger partial charge in [0.1, 0.15) is 5.41 Å².